The quantitative estimate of drug-likeness (QED) is 0.306. The topological polar surface area (TPSA) is 24.9 Å². The Bertz CT molecular complexity index is 702. The van der Waals surface area contributed by atoms with Crippen LogP contribution in [0, 0.1) is 0 Å². The summed E-state index contributed by atoms with van der Waals surface area (Å²) in [5, 5.41) is 5.69. The number of halogens is 2. The van der Waals surface area contributed by atoms with Gasteiger partial charge < -0.3 is 5.32 Å². The molecule has 0 bridgehead atoms. The van der Waals surface area contributed by atoms with Gasteiger partial charge in [0.05, 0.1) is 10.5 Å². The number of anilines is 1. The molecule has 0 radical (unpaired) electrons. The molecule has 4 heteroatoms. The molecule has 1 aliphatic rings. The van der Waals surface area contributed by atoms with Gasteiger partial charge in [-0.15, -0.1) is 0 Å². The van der Waals surface area contributed by atoms with E-state index in [1.807, 2.05) is 12.1 Å². The smallest absolute Gasteiger partial charge is 0.0818 e. The lowest BCUT2D eigenvalue weighted by molar-refractivity contribution is 0.635. The molecule has 2 aromatic rings. The van der Waals surface area contributed by atoms with E-state index < -0.39 is 0 Å². The maximum absolute atomic E-state index is 6.19. The summed E-state index contributed by atoms with van der Waals surface area (Å²) in [6.45, 7) is 2.25. The summed E-state index contributed by atoms with van der Waals surface area (Å²) >= 11 is 10.0. The van der Waals surface area contributed by atoms with Crippen molar-refractivity contribution in [1.82, 2.24) is 4.98 Å². The summed E-state index contributed by atoms with van der Waals surface area (Å²) in [4.78, 5) is 5.20. The number of nitrogens with one attached hydrogen (secondary N) is 1. The molecule has 0 saturated heterocycles. The van der Waals surface area contributed by atoms with Crippen LogP contribution in [0.3, 0.4) is 0 Å². The predicted octanol–water partition coefficient (Wildman–Crippen LogP) is 6.87. The van der Waals surface area contributed by atoms with E-state index in [1.54, 1.807) is 0 Å². The Balaban J connectivity index is 1.87. The van der Waals surface area contributed by atoms with Crippen molar-refractivity contribution in [2.75, 3.05) is 5.32 Å². The Hall–Kier alpha value is -0.800. The molecule has 0 spiro atoms. The number of pyridine rings is 1. The van der Waals surface area contributed by atoms with E-state index in [0.29, 0.717) is 4.95 Å². The molecule has 2 nitrogen and oxygen atoms in total. The first-order valence-electron chi connectivity index (χ1n) is 9.20. The van der Waals surface area contributed by atoms with Crippen LogP contribution in [-0.2, 0) is 12.8 Å². The molecule has 3 rings (SSSR count). The minimum Gasteiger partial charge on any atom is -0.372 e. The molecule has 1 aliphatic carbocycles. The van der Waals surface area contributed by atoms with Gasteiger partial charge in [-0.3, -0.25) is 4.98 Å². The molecular formula is C20H26BrClN2. The third-order valence-corrected chi connectivity index (χ3v) is 5.76. The van der Waals surface area contributed by atoms with Gasteiger partial charge in [0.25, 0.3) is 0 Å². The zero-order chi connectivity index (χ0) is 16.9. The highest BCUT2D eigenvalue weighted by Crippen LogP contribution is 2.35. The first kappa shape index (κ1) is 18.0. The molecule has 0 saturated carbocycles. The molecule has 0 fully saturated rings. The van der Waals surface area contributed by atoms with Gasteiger partial charge in [0, 0.05) is 21.8 Å². The number of hydrogen-bond donors (Lipinski definition) is 1. The molecule has 1 aromatic carbocycles. The van der Waals surface area contributed by atoms with Crippen LogP contribution in [0.1, 0.15) is 63.1 Å². The van der Waals surface area contributed by atoms with Gasteiger partial charge in [-0.1, -0.05) is 60.1 Å². The minimum absolute atomic E-state index is 0.307. The Morgan fingerprint density at radius 3 is 2.88 bits per heavy atom. The lowest BCUT2D eigenvalue weighted by Gasteiger charge is -2.24. The predicted molar refractivity (Wildman–Crippen MR) is 108 cm³/mol. The van der Waals surface area contributed by atoms with Crippen molar-refractivity contribution in [3.63, 3.8) is 0 Å². The number of aryl methyl sites for hydroxylation is 1. The third kappa shape index (κ3) is 4.23. The minimum atomic E-state index is 0.307. The molecule has 1 aromatic heterocycles. The SMILES string of the molecule is CCCCCCC(Br)Nc1c2c(nc3cc(Cl)ccc13)CCCC2. The van der Waals surface area contributed by atoms with Crippen molar-refractivity contribution in [1.29, 1.82) is 0 Å². The zero-order valence-corrected chi connectivity index (χ0v) is 16.7. The first-order chi connectivity index (χ1) is 11.7. The largest absolute Gasteiger partial charge is 0.372 e. The Morgan fingerprint density at radius 1 is 1.21 bits per heavy atom. The van der Waals surface area contributed by atoms with Crippen LogP contribution in [0.4, 0.5) is 5.69 Å². The van der Waals surface area contributed by atoms with Crippen molar-refractivity contribution in [3.8, 4) is 0 Å². The summed E-state index contributed by atoms with van der Waals surface area (Å²) in [5.74, 6) is 0. The Morgan fingerprint density at radius 2 is 2.04 bits per heavy atom. The normalized spacial score (nSPS) is 15.3. The van der Waals surface area contributed by atoms with Crippen LogP contribution in [0.15, 0.2) is 18.2 Å². The molecule has 1 N–H and O–H groups in total. The molecule has 24 heavy (non-hydrogen) atoms. The highest BCUT2D eigenvalue weighted by Gasteiger charge is 2.19. The van der Waals surface area contributed by atoms with Crippen LogP contribution >= 0.6 is 27.5 Å². The van der Waals surface area contributed by atoms with Gasteiger partial charge in [-0.25, -0.2) is 0 Å². The average molecular weight is 410 g/mol. The van der Waals surface area contributed by atoms with Crippen molar-refractivity contribution in [2.24, 2.45) is 0 Å². The van der Waals surface area contributed by atoms with Gasteiger partial charge in [0.1, 0.15) is 0 Å². The molecule has 1 unspecified atom stereocenters. The maximum atomic E-state index is 6.19. The van der Waals surface area contributed by atoms with E-state index in [-0.39, 0.29) is 0 Å². The molecule has 0 aliphatic heterocycles. The fourth-order valence-electron chi connectivity index (χ4n) is 3.54. The standard InChI is InChI=1S/C20H26BrClN2/c1-2-3-4-5-10-19(21)24-20-15-8-6-7-9-17(15)23-18-13-14(22)11-12-16(18)20/h11-13,19H,2-10H2,1H3,(H,23,24). The summed E-state index contributed by atoms with van der Waals surface area (Å²) < 4.78 is 0. The molecule has 130 valence electrons. The van der Waals surface area contributed by atoms with E-state index in [4.69, 9.17) is 16.6 Å². The van der Waals surface area contributed by atoms with Crippen LogP contribution in [0.5, 0.6) is 0 Å². The van der Waals surface area contributed by atoms with E-state index >= 15 is 0 Å². The summed E-state index contributed by atoms with van der Waals surface area (Å²) in [5.41, 5.74) is 4.94. The van der Waals surface area contributed by atoms with Crippen LogP contribution < -0.4 is 5.32 Å². The lowest BCUT2D eigenvalue weighted by atomic mass is 9.92. The van der Waals surface area contributed by atoms with Crippen molar-refractivity contribution < 1.29 is 0 Å². The monoisotopic (exact) mass is 408 g/mol. The second-order valence-corrected chi connectivity index (χ2v) is 8.28. The van der Waals surface area contributed by atoms with Crippen LogP contribution in [0.25, 0.3) is 10.9 Å². The number of unbranched alkanes of at least 4 members (excludes halogenated alkanes) is 3. The van der Waals surface area contributed by atoms with Gasteiger partial charge in [0.2, 0.25) is 0 Å². The lowest BCUT2D eigenvalue weighted by Crippen LogP contribution is -2.16. The molecule has 1 heterocycles. The number of rotatable bonds is 7. The summed E-state index contributed by atoms with van der Waals surface area (Å²) in [7, 11) is 0. The fourth-order valence-corrected chi connectivity index (χ4v) is 4.26. The number of fused-ring (bicyclic) bond motifs is 2. The van der Waals surface area contributed by atoms with Crippen molar-refractivity contribution >= 4 is 44.1 Å². The van der Waals surface area contributed by atoms with Gasteiger partial charge in [0.15, 0.2) is 0 Å². The second kappa shape index (κ2) is 8.53. The summed E-state index contributed by atoms with van der Waals surface area (Å²) in [6.07, 6.45) is 11.0. The first-order valence-corrected chi connectivity index (χ1v) is 10.5. The number of hydrogen-bond acceptors (Lipinski definition) is 2. The van der Waals surface area contributed by atoms with Crippen LogP contribution in [-0.4, -0.2) is 9.94 Å². The highest BCUT2D eigenvalue weighted by molar-refractivity contribution is 9.09. The molecular weight excluding hydrogens is 384 g/mol. The number of benzene rings is 1. The van der Waals surface area contributed by atoms with Crippen molar-refractivity contribution in [2.45, 2.75) is 69.7 Å². The Labute approximate surface area is 158 Å². The van der Waals surface area contributed by atoms with E-state index in [9.17, 15) is 0 Å². The second-order valence-electron chi connectivity index (χ2n) is 6.74. The van der Waals surface area contributed by atoms with Gasteiger partial charge >= 0.3 is 0 Å². The zero-order valence-electron chi connectivity index (χ0n) is 14.4. The van der Waals surface area contributed by atoms with Crippen LogP contribution in [0.2, 0.25) is 5.02 Å². The van der Waals surface area contributed by atoms with E-state index in [0.717, 1.165) is 29.8 Å². The average Bonchev–Trinajstić information content (AvgIpc) is 2.58. The number of aromatic nitrogens is 1. The number of alkyl halides is 1. The maximum Gasteiger partial charge on any atom is 0.0818 e. The highest BCUT2D eigenvalue weighted by atomic mass is 79.9. The third-order valence-electron chi connectivity index (χ3n) is 4.84. The van der Waals surface area contributed by atoms with E-state index in [1.165, 1.54) is 60.9 Å². The molecule has 0 amide bonds. The van der Waals surface area contributed by atoms with Gasteiger partial charge in [-0.2, -0.15) is 0 Å². The number of nitrogens with zero attached hydrogens (tertiary/aromatic N) is 1. The fraction of sp³-hybridized carbons (Fsp3) is 0.550. The van der Waals surface area contributed by atoms with E-state index in [2.05, 4.69) is 34.2 Å². The Kier molecular flexibility index (Phi) is 6.40. The van der Waals surface area contributed by atoms with Crippen molar-refractivity contribution in [3.05, 3.63) is 34.5 Å². The van der Waals surface area contributed by atoms with Gasteiger partial charge in [-0.05, 0) is 55.9 Å². The molecule has 1 atom stereocenters. The summed E-state index contributed by atoms with van der Waals surface area (Å²) in [6, 6.07) is 6.07.